The van der Waals surface area contributed by atoms with Crippen molar-refractivity contribution in [1.82, 2.24) is 4.98 Å². The normalized spacial score (nSPS) is 22.4. The summed E-state index contributed by atoms with van der Waals surface area (Å²) in [6.45, 7) is 2.38. The van der Waals surface area contributed by atoms with Gasteiger partial charge >= 0.3 is 0 Å². The van der Waals surface area contributed by atoms with Gasteiger partial charge in [0.25, 0.3) is 0 Å². The highest BCUT2D eigenvalue weighted by atomic mass is 16.5. The maximum Gasteiger partial charge on any atom is 0.139 e. The molecule has 3 heteroatoms. The summed E-state index contributed by atoms with van der Waals surface area (Å²) >= 11 is 0. The first-order chi connectivity index (χ1) is 9.28. The van der Waals surface area contributed by atoms with Crippen molar-refractivity contribution in [1.29, 1.82) is 0 Å². The lowest BCUT2D eigenvalue weighted by molar-refractivity contribution is 0.129. The van der Waals surface area contributed by atoms with Crippen LogP contribution in [0.5, 0.6) is 5.75 Å². The Morgan fingerprint density at radius 2 is 2.32 bits per heavy atom. The molecule has 0 aliphatic heterocycles. The molecule has 0 spiro atoms. The van der Waals surface area contributed by atoms with Crippen molar-refractivity contribution < 1.29 is 9.84 Å². The van der Waals surface area contributed by atoms with E-state index in [2.05, 4.69) is 23.7 Å². The summed E-state index contributed by atoms with van der Waals surface area (Å²) < 4.78 is 5.99. The molecule has 2 atom stereocenters. The van der Waals surface area contributed by atoms with Crippen molar-refractivity contribution >= 4 is 0 Å². The van der Waals surface area contributed by atoms with Gasteiger partial charge in [-0.2, -0.15) is 0 Å². The predicted octanol–water partition coefficient (Wildman–Crippen LogP) is 2.77. The number of aliphatic hydroxyl groups excluding tert-OH is 1. The standard InChI is InChI=1S/C16H21NO2/c1-13-5-4-7-15(9-13)19-16-10-14(11-17-12-16)6-2-3-8-18/h10-13,15,18H,3-5,7-9H2,1H3. The molecule has 1 aliphatic rings. The first-order valence-electron chi connectivity index (χ1n) is 6.99. The quantitative estimate of drug-likeness (QED) is 0.849. The van der Waals surface area contributed by atoms with Crippen LogP contribution in [0.15, 0.2) is 18.5 Å². The number of rotatable bonds is 3. The van der Waals surface area contributed by atoms with Gasteiger partial charge in [-0.1, -0.05) is 25.2 Å². The second-order valence-electron chi connectivity index (χ2n) is 5.20. The molecule has 0 amide bonds. The lowest BCUT2D eigenvalue weighted by Gasteiger charge is -2.27. The Morgan fingerprint density at radius 3 is 3.11 bits per heavy atom. The molecule has 1 heterocycles. The average Bonchev–Trinajstić information content (AvgIpc) is 2.39. The van der Waals surface area contributed by atoms with Gasteiger partial charge in [0.2, 0.25) is 0 Å². The van der Waals surface area contributed by atoms with Crippen LogP contribution >= 0.6 is 0 Å². The summed E-state index contributed by atoms with van der Waals surface area (Å²) in [4.78, 5) is 4.16. The molecule has 0 aromatic carbocycles. The molecule has 1 fully saturated rings. The number of nitrogens with zero attached hydrogens (tertiary/aromatic N) is 1. The van der Waals surface area contributed by atoms with E-state index < -0.39 is 0 Å². The number of hydrogen-bond donors (Lipinski definition) is 1. The number of hydrogen-bond acceptors (Lipinski definition) is 3. The fourth-order valence-electron chi connectivity index (χ4n) is 2.45. The van der Waals surface area contributed by atoms with E-state index in [4.69, 9.17) is 9.84 Å². The topological polar surface area (TPSA) is 42.4 Å². The van der Waals surface area contributed by atoms with Gasteiger partial charge in [0.15, 0.2) is 0 Å². The summed E-state index contributed by atoms with van der Waals surface area (Å²) in [6.07, 6.45) is 9.08. The van der Waals surface area contributed by atoms with Crippen LogP contribution in [0.3, 0.4) is 0 Å². The van der Waals surface area contributed by atoms with E-state index in [9.17, 15) is 0 Å². The molecular formula is C16H21NO2. The fourth-order valence-corrected chi connectivity index (χ4v) is 2.45. The van der Waals surface area contributed by atoms with Gasteiger partial charge in [0.1, 0.15) is 5.75 Å². The van der Waals surface area contributed by atoms with Crippen LogP contribution in [0.25, 0.3) is 0 Å². The Kier molecular flexibility index (Phi) is 5.23. The minimum Gasteiger partial charge on any atom is -0.489 e. The van der Waals surface area contributed by atoms with Crippen molar-refractivity contribution in [2.24, 2.45) is 5.92 Å². The van der Waals surface area contributed by atoms with E-state index in [0.29, 0.717) is 12.5 Å². The third-order valence-electron chi connectivity index (χ3n) is 3.37. The van der Waals surface area contributed by atoms with Crippen molar-refractivity contribution in [2.75, 3.05) is 6.61 Å². The molecule has 0 saturated heterocycles. The maximum atomic E-state index is 8.70. The second kappa shape index (κ2) is 7.16. The second-order valence-corrected chi connectivity index (χ2v) is 5.20. The summed E-state index contributed by atoms with van der Waals surface area (Å²) in [5, 5.41) is 8.70. The molecule has 2 unspecified atom stereocenters. The molecule has 1 aliphatic carbocycles. The Balaban J connectivity index is 1.97. The van der Waals surface area contributed by atoms with Gasteiger partial charge in [-0.3, -0.25) is 4.98 Å². The van der Waals surface area contributed by atoms with E-state index >= 15 is 0 Å². The molecule has 102 valence electrons. The van der Waals surface area contributed by atoms with Gasteiger partial charge in [-0.25, -0.2) is 0 Å². The highest BCUT2D eigenvalue weighted by Crippen LogP contribution is 2.27. The minimum absolute atomic E-state index is 0.0938. The average molecular weight is 259 g/mol. The van der Waals surface area contributed by atoms with Crippen LogP contribution < -0.4 is 4.74 Å². The number of aromatic nitrogens is 1. The van der Waals surface area contributed by atoms with Gasteiger partial charge < -0.3 is 9.84 Å². The summed E-state index contributed by atoms with van der Waals surface area (Å²) in [5.74, 6) is 7.42. The summed E-state index contributed by atoms with van der Waals surface area (Å²) in [6, 6.07) is 1.93. The van der Waals surface area contributed by atoms with Gasteiger partial charge in [0, 0.05) is 18.2 Å². The van der Waals surface area contributed by atoms with E-state index in [1.807, 2.05) is 6.07 Å². The fraction of sp³-hybridized carbons (Fsp3) is 0.562. The predicted molar refractivity (Wildman–Crippen MR) is 74.9 cm³/mol. The molecule has 1 aromatic heterocycles. The van der Waals surface area contributed by atoms with Crippen LogP contribution in [0, 0.1) is 17.8 Å². The Morgan fingerprint density at radius 1 is 1.42 bits per heavy atom. The summed E-state index contributed by atoms with van der Waals surface area (Å²) in [7, 11) is 0. The molecule has 3 nitrogen and oxygen atoms in total. The van der Waals surface area contributed by atoms with E-state index in [-0.39, 0.29) is 6.61 Å². The first-order valence-corrected chi connectivity index (χ1v) is 6.99. The van der Waals surface area contributed by atoms with Crippen LogP contribution in [-0.2, 0) is 0 Å². The molecule has 0 radical (unpaired) electrons. The van der Waals surface area contributed by atoms with Crippen molar-refractivity contribution in [3.63, 3.8) is 0 Å². The highest BCUT2D eigenvalue weighted by Gasteiger charge is 2.20. The van der Waals surface area contributed by atoms with Crippen LogP contribution in [-0.4, -0.2) is 22.8 Å². The van der Waals surface area contributed by atoms with Crippen molar-refractivity contribution in [3.8, 4) is 17.6 Å². The maximum absolute atomic E-state index is 8.70. The monoisotopic (exact) mass is 259 g/mol. The third-order valence-corrected chi connectivity index (χ3v) is 3.37. The molecular weight excluding hydrogens is 238 g/mol. The summed E-state index contributed by atoms with van der Waals surface area (Å²) in [5.41, 5.74) is 0.842. The van der Waals surface area contributed by atoms with Crippen molar-refractivity contribution in [2.45, 2.75) is 45.1 Å². The zero-order valence-electron chi connectivity index (χ0n) is 11.4. The van der Waals surface area contributed by atoms with Crippen LogP contribution in [0.1, 0.15) is 44.6 Å². The van der Waals surface area contributed by atoms with Gasteiger partial charge in [-0.15, -0.1) is 0 Å². The molecule has 2 rings (SSSR count). The Hall–Kier alpha value is -1.53. The zero-order chi connectivity index (χ0) is 13.5. The van der Waals surface area contributed by atoms with Gasteiger partial charge in [0.05, 0.1) is 18.9 Å². The van der Waals surface area contributed by atoms with Crippen LogP contribution in [0.4, 0.5) is 0 Å². The minimum atomic E-state index is 0.0938. The van der Waals surface area contributed by atoms with E-state index in [1.54, 1.807) is 12.4 Å². The van der Waals surface area contributed by atoms with Crippen LogP contribution in [0.2, 0.25) is 0 Å². The first kappa shape index (κ1) is 13.9. The smallest absolute Gasteiger partial charge is 0.139 e. The van der Waals surface area contributed by atoms with E-state index in [1.165, 1.54) is 12.8 Å². The molecule has 1 saturated carbocycles. The van der Waals surface area contributed by atoms with Crippen molar-refractivity contribution in [3.05, 3.63) is 24.0 Å². The lowest BCUT2D eigenvalue weighted by atomic mass is 9.89. The largest absolute Gasteiger partial charge is 0.489 e. The number of ether oxygens (including phenoxy) is 1. The number of pyridine rings is 1. The van der Waals surface area contributed by atoms with Gasteiger partial charge in [-0.05, 0) is 31.2 Å². The lowest BCUT2D eigenvalue weighted by Crippen LogP contribution is -2.24. The SMILES string of the molecule is CC1CCCC(Oc2cncc(C#CCCO)c2)C1. The molecule has 1 N–H and O–H groups in total. The number of aliphatic hydroxyl groups is 1. The highest BCUT2D eigenvalue weighted by molar-refractivity contribution is 5.36. The molecule has 19 heavy (non-hydrogen) atoms. The zero-order valence-corrected chi connectivity index (χ0v) is 11.4. The Bertz CT molecular complexity index is 461. The Labute approximate surface area is 115 Å². The van der Waals surface area contributed by atoms with E-state index in [0.717, 1.165) is 30.1 Å². The molecule has 0 bridgehead atoms. The third kappa shape index (κ3) is 4.57. The molecule has 1 aromatic rings.